The summed E-state index contributed by atoms with van der Waals surface area (Å²) >= 11 is 1.41. The molecule has 158 valence electrons. The highest BCUT2D eigenvalue weighted by atomic mass is 32.1. The van der Waals surface area contributed by atoms with E-state index in [1.165, 1.54) is 29.5 Å². The Morgan fingerprint density at radius 1 is 0.625 bits per heavy atom. The monoisotopic (exact) mass is 440 g/mol. The molecule has 1 heterocycles. The molecule has 0 unspecified atom stereocenters. The predicted molar refractivity (Wildman–Crippen MR) is 130 cm³/mol. The van der Waals surface area contributed by atoms with Crippen LogP contribution < -0.4 is 0 Å². The van der Waals surface area contributed by atoms with E-state index in [2.05, 4.69) is 0 Å². The predicted octanol–water partition coefficient (Wildman–Crippen LogP) is 7.37. The average Bonchev–Trinajstić information content (AvgIpc) is 3.39. The van der Waals surface area contributed by atoms with Gasteiger partial charge in [0.15, 0.2) is 11.6 Å². The van der Waals surface area contributed by atoms with Crippen LogP contribution in [0, 0.1) is 5.82 Å². The summed E-state index contributed by atoms with van der Waals surface area (Å²) in [6.45, 7) is 0. The van der Waals surface area contributed by atoms with Crippen LogP contribution >= 0.6 is 11.3 Å². The Hall–Kier alpha value is -3.89. The number of hydrogen-bond acceptors (Lipinski definition) is 3. The van der Waals surface area contributed by atoms with Gasteiger partial charge < -0.3 is 0 Å². The molecule has 0 aliphatic heterocycles. The van der Waals surface area contributed by atoms with Gasteiger partial charge in [0.05, 0.1) is 4.88 Å². The molecular weight excluding hydrogens is 419 g/mol. The summed E-state index contributed by atoms with van der Waals surface area (Å²) in [5, 5.41) is 1.86. The standard InChI is InChI=1S/C15H12O.C13H9FOS/c16-15(14-9-5-2-6-10-14)12-11-13-7-3-1-4-8-13;14-11-6-3-10(4-7-11)5-8-12(15)13-2-1-9-16-13/h1-12H;1-9H/b;8-5+. The number of hydrogen-bond donors (Lipinski definition) is 0. The van der Waals surface area contributed by atoms with E-state index in [1.54, 1.807) is 30.4 Å². The molecule has 0 spiro atoms. The summed E-state index contributed by atoms with van der Waals surface area (Å²) in [7, 11) is 0. The third-order valence-electron chi connectivity index (χ3n) is 4.35. The Morgan fingerprint density at radius 3 is 1.78 bits per heavy atom. The average molecular weight is 441 g/mol. The lowest BCUT2D eigenvalue weighted by molar-refractivity contribution is 0.104. The molecule has 0 saturated carbocycles. The van der Waals surface area contributed by atoms with Crippen molar-refractivity contribution in [1.29, 1.82) is 0 Å². The van der Waals surface area contributed by atoms with Gasteiger partial charge in [-0.25, -0.2) is 4.39 Å². The summed E-state index contributed by atoms with van der Waals surface area (Å²) in [4.78, 5) is 24.0. The van der Waals surface area contributed by atoms with E-state index < -0.39 is 0 Å². The van der Waals surface area contributed by atoms with Gasteiger partial charge in [0.1, 0.15) is 5.82 Å². The molecule has 0 atom stereocenters. The van der Waals surface area contributed by atoms with Crippen LogP contribution in [0.15, 0.2) is 115 Å². The van der Waals surface area contributed by atoms with Gasteiger partial charge in [0, 0.05) is 5.56 Å². The number of thiophene rings is 1. The summed E-state index contributed by atoms with van der Waals surface area (Å²) in [6.07, 6.45) is 6.61. The molecule has 0 radical (unpaired) electrons. The molecular formula is C28H21FO2S. The van der Waals surface area contributed by atoms with E-state index in [-0.39, 0.29) is 17.4 Å². The first-order chi connectivity index (χ1) is 15.6. The lowest BCUT2D eigenvalue weighted by Gasteiger charge is -1.94. The minimum Gasteiger partial charge on any atom is -0.289 e. The summed E-state index contributed by atoms with van der Waals surface area (Å²) in [5.74, 6) is -0.273. The van der Waals surface area contributed by atoms with Crippen LogP contribution in [0.2, 0.25) is 0 Å². The molecule has 4 rings (SSSR count). The van der Waals surface area contributed by atoms with Crippen molar-refractivity contribution in [2.24, 2.45) is 0 Å². The van der Waals surface area contributed by atoms with Crippen molar-refractivity contribution in [3.05, 3.63) is 142 Å². The fourth-order valence-corrected chi connectivity index (χ4v) is 3.33. The highest BCUT2D eigenvalue weighted by molar-refractivity contribution is 7.12. The zero-order valence-corrected chi connectivity index (χ0v) is 18.0. The lowest BCUT2D eigenvalue weighted by Crippen LogP contribution is -1.92. The van der Waals surface area contributed by atoms with Gasteiger partial charge in [-0.15, -0.1) is 11.3 Å². The molecule has 0 amide bonds. The molecule has 3 aromatic carbocycles. The van der Waals surface area contributed by atoms with Crippen molar-refractivity contribution in [3.63, 3.8) is 0 Å². The second-order valence-electron chi connectivity index (χ2n) is 6.70. The molecule has 0 bridgehead atoms. The van der Waals surface area contributed by atoms with E-state index in [4.69, 9.17) is 0 Å². The van der Waals surface area contributed by atoms with Crippen molar-refractivity contribution in [3.8, 4) is 0 Å². The van der Waals surface area contributed by atoms with Crippen LogP contribution in [-0.4, -0.2) is 11.6 Å². The molecule has 0 N–H and O–H groups in total. The molecule has 4 aromatic rings. The smallest absolute Gasteiger partial charge is 0.195 e. The number of benzene rings is 3. The number of carbonyl (C=O) groups is 2. The Balaban J connectivity index is 0.000000181. The topological polar surface area (TPSA) is 34.1 Å². The fourth-order valence-electron chi connectivity index (χ4n) is 2.68. The van der Waals surface area contributed by atoms with Crippen LogP contribution in [0.1, 0.15) is 31.2 Å². The van der Waals surface area contributed by atoms with Gasteiger partial charge in [-0.05, 0) is 46.9 Å². The summed E-state index contributed by atoms with van der Waals surface area (Å²) < 4.78 is 12.6. The maximum Gasteiger partial charge on any atom is 0.195 e. The van der Waals surface area contributed by atoms with E-state index in [0.717, 1.165) is 16.7 Å². The number of allylic oxidation sites excluding steroid dienone is 2. The van der Waals surface area contributed by atoms with Crippen LogP contribution in [0.5, 0.6) is 0 Å². The molecule has 0 aliphatic rings. The quantitative estimate of drug-likeness (QED) is 0.232. The minimum atomic E-state index is -0.276. The van der Waals surface area contributed by atoms with Crippen molar-refractivity contribution < 1.29 is 14.0 Å². The second kappa shape index (κ2) is 12.1. The molecule has 0 fully saturated rings. The number of rotatable bonds is 6. The van der Waals surface area contributed by atoms with Crippen LogP contribution in [-0.2, 0) is 0 Å². The third-order valence-corrected chi connectivity index (χ3v) is 5.23. The maximum atomic E-state index is 12.6. The summed E-state index contributed by atoms with van der Waals surface area (Å²) in [5.41, 5.74) is 2.56. The normalized spacial score (nSPS) is 10.7. The lowest BCUT2D eigenvalue weighted by atomic mass is 10.1. The van der Waals surface area contributed by atoms with Crippen molar-refractivity contribution >= 4 is 35.1 Å². The van der Waals surface area contributed by atoms with Gasteiger partial charge in [0.2, 0.25) is 0 Å². The first-order valence-electron chi connectivity index (χ1n) is 9.96. The van der Waals surface area contributed by atoms with Gasteiger partial charge in [-0.3, -0.25) is 9.59 Å². The molecule has 0 aliphatic carbocycles. The molecule has 2 nitrogen and oxygen atoms in total. The molecule has 4 heteroatoms. The number of carbonyl (C=O) groups excluding carboxylic acids is 2. The Bertz CT molecular complexity index is 1180. The van der Waals surface area contributed by atoms with E-state index in [1.807, 2.05) is 78.2 Å². The van der Waals surface area contributed by atoms with Crippen LogP contribution in [0.4, 0.5) is 4.39 Å². The van der Waals surface area contributed by atoms with Gasteiger partial charge in [-0.1, -0.05) is 91.0 Å². The maximum absolute atomic E-state index is 12.6. The van der Waals surface area contributed by atoms with Crippen LogP contribution in [0.3, 0.4) is 0 Å². The van der Waals surface area contributed by atoms with Gasteiger partial charge in [-0.2, -0.15) is 0 Å². The Labute approximate surface area is 191 Å². The minimum absolute atomic E-state index is 0.0284. The highest BCUT2D eigenvalue weighted by Gasteiger charge is 2.01. The van der Waals surface area contributed by atoms with Crippen molar-refractivity contribution in [2.45, 2.75) is 0 Å². The first-order valence-corrected chi connectivity index (χ1v) is 10.8. The van der Waals surface area contributed by atoms with E-state index in [9.17, 15) is 14.0 Å². The fraction of sp³-hybridized carbons (Fsp3) is 0. The van der Waals surface area contributed by atoms with Crippen molar-refractivity contribution in [1.82, 2.24) is 0 Å². The second-order valence-corrected chi connectivity index (χ2v) is 7.65. The van der Waals surface area contributed by atoms with Crippen LogP contribution in [0.25, 0.3) is 12.2 Å². The molecule has 1 aromatic heterocycles. The zero-order chi connectivity index (χ0) is 22.6. The summed E-state index contributed by atoms with van der Waals surface area (Å²) in [6, 6.07) is 28.7. The third kappa shape index (κ3) is 7.42. The zero-order valence-electron chi connectivity index (χ0n) is 17.2. The SMILES string of the molecule is O=C(/C=C/c1ccc(F)cc1)c1cccs1.O=C(C=Cc1ccccc1)c1ccccc1. The largest absolute Gasteiger partial charge is 0.289 e. The Morgan fingerprint density at radius 2 is 1.19 bits per heavy atom. The molecule has 32 heavy (non-hydrogen) atoms. The van der Waals surface area contributed by atoms with Gasteiger partial charge in [0.25, 0.3) is 0 Å². The number of ketones is 2. The number of halogens is 1. The van der Waals surface area contributed by atoms with Crippen molar-refractivity contribution in [2.75, 3.05) is 0 Å². The highest BCUT2D eigenvalue weighted by Crippen LogP contribution is 2.11. The molecule has 0 saturated heterocycles. The van der Waals surface area contributed by atoms with Gasteiger partial charge >= 0.3 is 0 Å². The van der Waals surface area contributed by atoms with E-state index >= 15 is 0 Å². The first kappa shape index (κ1) is 22.8. The van der Waals surface area contributed by atoms with E-state index in [0.29, 0.717) is 4.88 Å². The Kier molecular flexibility index (Phi) is 8.60.